The summed E-state index contributed by atoms with van der Waals surface area (Å²) in [5.41, 5.74) is 4.98. The van der Waals surface area contributed by atoms with Crippen molar-refractivity contribution >= 4 is 29.2 Å². The summed E-state index contributed by atoms with van der Waals surface area (Å²) in [5.74, 6) is -0.130. The summed E-state index contributed by atoms with van der Waals surface area (Å²) < 4.78 is 5.43. The zero-order valence-electron chi connectivity index (χ0n) is 21.5. The minimum absolute atomic E-state index is 0.130. The number of rotatable bonds is 6. The molecule has 3 aromatic carbocycles. The van der Waals surface area contributed by atoms with Crippen molar-refractivity contribution in [1.29, 1.82) is 0 Å². The molecule has 1 atom stereocenters. The third-order valence-electron chi connectivity index (χ3n) is 6.20. The van der Waals surface area contributed by atoms with Crippen LogP contribution in [0.5, 0.6) is 0 Å². The molecule has 1 unspecified atom stereocenters. The summed E-state index contributed by atoms with van der Waals surface area (Å²) in [4.78, 5) is 27.9. The maximum atomic E-state index is 13.6. The van der Waals surface area contributed by atoms with Gasteiger partial charge in [-0.1, -0.05) is 78.3 Å². The predicted molar refractivity (Wildman–Crippen MR) is 149 cm³/mol. The maximum absolute atomic E-state index is 13.6. The highest BCUT2D eigenvalue weighted by Crippen LogP contribution is 2.27. The Bertz CT molecular complexity index is 1260. The van der Waals surface area contributed by atoms with Crippen molar-refractivity contribution in [3.05, 3.63) is 101 Å². The molecule has 2 amide bonds. The second kappa shape index (κ2) is 11.7. The third kappa shape index (κ3) is 7.46. The van der Waals surface area contributed by atoms with Crippen molar-refractivity contribution in [3.8, 4) is 11.1 Å². The number of halogens is 1. The van der Waals surface area contributed by atoms with Gasteiger partial charge in [-0.3, -0.25) is 4.79 Å². The molecule has 0 fully saturated rings. The van der Waals surface area contributed by atoms with Gasteiger partial charge in [0.25, 0.3) is 0 Å². The number of nitrogens with one attached hydrogen (secondary N) is 1. The van der Waals surface area contributed by atoms with Crippen molar-refractivity contribution in [2.24, 2.45) is 0 Å². The lowest BCUT2D eigenvalue weighted by Crippen LogP contribution is -2.51. The van der Waals surface area contributed by atoms with E-state index in [1.165, 1.54) is 16.7 Å². The lowest BCUT2D eigenvalue weighted by Gasteiger charge is -2.31. The van der Waals surface area contributed by atoms with E-state index in [1.807, 2.05) is 30.3 Å². The minimum Gasteiger partial charge on any atom is -0.444 e. The molecule has 0 saturated carbocycles. The number of ether oxygens (including phenoxy) is 1. The van der Waals surface area contributed by atoms with E-state index in [0.717, 1.165) is 17.5 Å². The van der Waals surface area contributed by atoms with Crippen LogP contribution in [0.4, 0.5) is 4.79 Å². The highest BCUT2D eigenvalue weighted by Gasteiger charge is 2.29. The maximum Gasteiger partial charge on any atom is 0.408 e. The fourth-order valence-electron chi connectivity index (χ4n) is 4.39. The zero-order chi connectivity index (χ0) is 26.4. The lowest BCUT2D eigenvalue weighted by molar-refractivity contribution is -0.133. The summed E-state index contributed by atoms with van der Waals surface area (Å²) in [6.45, 7) is 6.45. The molecule has 5 nitrogen and oxygen atoms in total. The van der Waals surface area contributed by atoms with E-state index in [2.05, 4.69) is 47.8 Å². The predicted octanol–water partition coefficient (Wildman–Crippen LogP) is 6.76. The second-order valence-corrected chi connectivity index (χ2v) is 10.7. The molecule has 0 bridgehead atoms. The van der Waals surface area contributed by atoms with Crippen molar-refractivity contribution in [2.75, 3.05) is 13.1 Å². The molecule has 0 aliphatic carbocycles. The normalized spacial score (nSPS) is 14.5. The molecule has 192 valence electrons. The molecule has 1 aliphatic heterocycles. The summed E-state index contributed by atoms with van der Waals surface area (Å²) >= 11 is 6.03. The molecule has 0 radical (unpaired) electrons. The van der Waals surface area contributed by atoms with Crippen LogP contribution in [0.1, 0.15) is 38.3 Å². The number of hydrogen-bond donors (Lipinski definition) is 1. The second-order valence-electron chi connectivity index (χ2n) is 10.2. The van der Waals surface area contributed by atoms with E-state index in [0.29, 0.717) is 24.5 Å². The fraction of sp³-hybridized carbons (Fsp3) is 0.290. The van der Waals surface area contributed by atoms with Gasteiger partial charge in [0.05, 0.1) is 0 Å². The summed E-state index contributed by atoms with van der Waals surface area (Å²) in [5, 5.41) is 3.42. The van der Waals surface area contributed by atoms with Crippen LogP contribution in [0.15, 0.2) is 84.9 Å². The average molecular weight is 517 g/mol. The first-order valence-electron chi connectivity index (χ1n) is 12.6. The average Bonchev–Trinajstić information content (AvgIpc) is 2.89. The van der Waals surface area contributed by atoms with E-state index >= 15 is 0 Å². The molecule has 37 heavy (non-hydrogen) atoms. The number of carbonyl (C=O) groups excluding carboxylic acids is 2. The van der Waals surface area contributed by atoms with Gasteiger partial charge in [-0.05, 0) is 73.2 Å². The number of alkyl carbamates (subject to hydrolysis) is 1. The van der Waals surface area contributed by atoms with Crippen molar-refractivity contribution in [1.82, 2.24) is 10.2 Å². The van der Waals surface area contributed by atoms with Crippen LogP contribution < -0.4 is 5.32 Å². The monoisotopic (exact) mass is 516 g/mol. The first-order chi connectivity index (χ1) is 17.7. The van der Waals surface area contributed by atoms with Crippen LogP contribution in [0, 0.1) is 0 Å². The number of hydrogen-bond acceptors (Lipinski definition) is 3. The van der Waals surface area contributed by atoms with E-state index in [9.17, 15) is 9.59 Å². The Kier molecular flexibility index (Phi) is 8.34. The fourth-order valence-corrected chi connectivity index (χ4v) is 4.51. The van der Waals surface area contributed by atoms with Gasteiger partial charge in [-0.15, -0.1) is 0 Å². The highest BCUT2D eigenvalue weighted by atomic mass is 35.5. The highest BCUT2D eigenvalue weighted by molar-refractivity contribution is 6.30. The summed E-state index contributed by atoms with van der Waals surface area (Å²) in [6, 6.07) is 25.4. The Balaban J connectivity index is 1.48. The van der Waals surface area contributed by atoms with Crippen LogP contribution >= 0.6 is 11.6 Å². The molecule has 1 aliphatic rings. The number of amides is 2. The topological polar surface area (TPSA) is 58.6 Å². The first kappa shape index (κ1) is 26.5. The number of nitrogens with zero attached hydrogens (tertiary/aromatic N) is 1. The molecule has 3 aromatic rings. The molecule has 1 heterocycles. The molecule has 0 aromatic heterocycles. The molecule has 0 saturated heterocycles. The Labute approximate surface area is 224 Å². The van der Waals surface area contributed by atoms with Gasteiger partial charge >= 0.3 is 6.09 Å². The van der Waals surface area contributed by atoms with Crippen LogP contribution in [-0.4, -0.2) is 41.6 Å². The minimum atomic E-state index is -0.743. The van der Waals surface area contributed by atoms with Gasteiger partial charge in [0.2, 0.25) is 5.91 Å². The van der Waals surface area contributed by atoms with E-state index < -0.39 is 17.7 Å². The number of benzene rings is 3. The van der Waals surface area contributed by atoms with Gasteiger partial charge < -0.3 is 15.0 Å². The van der Waals surface area contributed by atoms with Crippen LogP contribution in [0.3, 0.4) is 0 Å². The zero-order valence-corrected chi connectivity index (χ0v) is 22.3. The molecule has 4 rings (SSSR count). The van der Waals surface area contributed by atoms with Gasteiger partial charge in [0.15, 0.2) is 0 Å². The smallest absolute Gasteiger partial charge is 0.408 e. The Hall–Kier alpha value is -3.57. The molecular weight excluding hydrogens is 484 g/mol. The Morgan fingerprint density at radius 2 is 1.62 bits per heavy atom. The SMILES string of the molecule is CC(C)(C)OC(=O)NC(Cc1ccc(Cl)cc1)C(=O)N1CC=C(c2cccc(-c3ccccc3)c2)CC1. The van der Waals surface area contributed by atoms with Crippen LogP contribution in [0.2, 0.25) is 5.02 Å². The largest absolute Gasteiger partial charge is 0.444 e. The van der Waals surface area contributed by atoms with E-state index in [4.69, 9.17) is 16.3 Å². The van der Waals surface area contributed by atoms with Gasteiger partial charge in [-0.25, -0.2) is 4.79 Å². The standard InChI is InChI=1S/C31H33ClN2O3/c1-31(2,3)37-30(36)33-28(20-22-12-14-27(32)15-13-22)29(35)34-18-16-24(17-19-34)26-11-7-10-25(21-26)23-8-5-4-6-9-23/h4-16,21,28H,17-20H2,1-3H3,(H,33,36). The van der Waals surface area contributed by atoms with E-state index in [1.54, 1.807) is 37.8 Å². The lowest BCUT2D eigenvalue weighted by atomic mass is 9.95. The van der Waals surface area contributed by atoms with Gasteiger partial charge in [0, 0.05) is 24.5 Å². The van der Waals surface area contributed by atoms with E-state index in [-0.39, 0.29) is 5.91 Å². The molecule has 0 spiro atoms. The third-order valence-corrected chi connectivity index (χ3v) is 6.46. The molecule has 1 N–H and O–H groups in total. The van der Waals surface area contributed by atoms with Crippen LogP contribution in [-0.2, 0) is 16.0 Å². The first-order valence-corrected chi connectivity index (χ1v) is 12.9. The quantitative estimate of drug-likeness (QED) is 0.394. The Morgan fingerprint density at radius 3 is 2.27 bits per heavy atom. The van der Waals surface area contributed by atoms with Gasteiger partial charge in [-0.2, -0.15) is 0 Å². The molecular formula is C31H33ClN2O3. The summed E-state index contributed by atoms with van der Waals surface area (Å²) in [7, 11) is 0. The van der Waals surface area contributed by atoms with Crippen LogP contribution in [0.25, 0.3) is 16.7 Å². The van der Waals surface area contributed by atoms with Crippen molar-refractivity contribution in [2.45, 2.75) is 45.3 Å². The van der Waals surface area contributed by atoms with Crippen molar-refractivity contribution in [3.63, 3.8) is 0 Å². The Morgan fingerprint density at radius 1 is 0.946 bits per heavy atom. The summed E-state index contributed by atoms with van der Waals surface area (Å²) in [6.07, 6.45) is 2.59. The van der Waals surface area contributed by atoms with Gasteiger partial charge in [0.1, 0.15) is 11.6 Å². The molecule has 6 heteroatoms. The van der Waals surface area contributed by atoms with Crippen molar-refractivity contribution < 1.29 is 14.3 Å². The number of carbonyl (C=O) groups is 2.